The number of rotatable bonds is 7. The van der Waals surface area contributed by atoms with Crippen molar-refractivity contribution >= 4 is 25.5 Å². The lowest BCUT2D eigenvalue weighted by Crippen LogP contribution is -2.40. The second-order valence-corrected chi connectivity index (χ2v) is 11.8. The molecule has 0 aromatic heterocycles. The summed E-state index contributed by atoms with van der Waals surface area (Å²) in [5, 5.41) is 0. The van der Waals surface area contributed by atoms with Gasteiger partial charge in [0.15, 0.2) is 9.84 Å². The fourth-order valence-electron chi connectivity index (χ4n) is 3.35. The first-order chi connectivity index (χ1) is 14.8. The van der Waals surface area contributed by atoms with Crippen LogP contribution in [0.15, 0.2) is 48.5 Å². The molecule has 12 heteroatoms. The highest BCUT2D eigenvalue weighted by molar-refractivity contribution is 7.91. The average Bonchev–Trinajstić information content (AvgIpc) is 2.68. The van der Waals surface area contributed by atoms with E-state index < -0.39 is 50.7 Å². The number of sulfonamides is 1. The van der Waals surface area contributed by atoms with Gasteiger partial charge in [0, 0.05) is 30.9 Å². The molecule has 2 aromatic carbocycles. The van der Waals surface area contributed by atoms with Crippen molar-refractivity contribution in [3.8, 4) is 0 Å². The van der Waals surface area contributed by atoms with Crippen LogP contribution in [0.4, 0.5) is 23.2 Å². The zero-order valence-corrected chi connectivity index (χ0v) is 18.6. The van der Waals surface area contributed by atoms with Gasteiger partial charge in [-0.1, -0.05) is 36.4 Å². The first-order valence-corrected chi connectivity index (χ1v) is 13.1. The van der Waals surface area contributed by atoms with Crippen molar-refractivity contribution in [2.75, 3.05) is 36.0 Å². The Balaban J connectivity index is 1.81. The van der Waals surface area contributed by atoms with Crippen LogP contribution in [-0.4, -0.2) is 58.5 Å². The molecule has 0 atom stereocenters. The minimum atomic E-state index is -4.81. The number of hydrogen-bond acceptors (Lipinski definition) is 5. The molecule has 0 bridgehead atoms. The second-order valence-electron chi connectivity index (χ2n) is 7.54. The first-order valence-electron chi connectivity index (χ1n) is 9.67. The molecule has 6 nitrogen and oxygen atoms in total. The molecule has 1 aliphatic heterocycles. The number of hydrogen-bond donors (Lipinski definition) is 0. The van der Waals surface area contributed by atoms with Gasteiger partial charge in [-0.25, -0.2) is 21.2 Å². The highest BCUT2D eigenvalue weighted by Crippen LogP contribution is 2.26. The second kappa shape index (κ2) is 9.36. The maximum Gasteiger partial charge on any atom is 0.402 e. The third kappa shape index (κ3) is 6.66. The smallest absolute Gasteiger partial charge is 0.369 e. The third-order valence-electron chi connectivity index (χ3n) is 5.03. The number of anilines is 1. The Hall–Kier alpha value is -2.18. The number of sulfone groups is 1. The predicted octanol–water partition coefficient (Wildman–Crippen LogP) is 2.95. The van der Waals surface area contributed by atoms with E-state index >= 15 is 0 Å². The Morgan fingerprint density at radius 3 is 2.19 bits per heavy atom. The van der Waals surface area contributed by atoms with Gasteiger partial charge in [-0.15, -0.1) is 0 Å². The van der Waals surface area contributed by atoms with E-state index in [1.165, 1.54) is 24.3 Å². The van der Waals surface area contributed by atoms with Crippen molar-refractivity contribution < 1.29 is 34.4 Å². The van der Waals surface area contributed by atoms with Crippen molar-refractivity contribution in [3.05, 3.63) is 65.5 Å². The van der Waals surface area contributed by atoms with Gasteiger partial charge in [0.1, 0.15) is 12.4 Å². The van der Waals surface area contributed by atoms with Gasteiger partial charge in [0.05, 0.1) is 17.3 Å². The van der Waals surface area contributed by atoms with Crippen LogP contribution in [0.1, 0.15) is 11.1 Å². The minimum absolute atomic E-state index is 0.0759. The fourth-order valence-corrected chi connectivity index (χ4v) is 6.03. The van der Waals surface area contributed by atoms with Gasteiger partial charge in [-0.3, -0.25) is 0 Å². The molecule has 32 heavy (non-hydrogen) atoms. The standard InChI is InChI=1S/C20H22F4N2O4S2/c21-19-12-18(25-8-10-31(27,28)11-9-25)7-6-17(19)13-26(15-20(22,23)24)32(29,30)14-16-4-2-1-3-5-16/h1-7,12H,8-11,13-15H2. The molecular weight excluding hydrogens is 472 g/mol. The molecule has 0 saturated carbocycles. The van der Waals surface area contributed by atoms with E-state index in [-0.39, 0.29) is 34.5 Å². The highest BCUT2D eigenvalue weighted by atomic mass is 32.2. The molecule has 1 aliphatic rings. The molecule has 176 valence electrons. The van der Waals surface area contributed by atoms with E-state index in [2.05, 4.69) is 0 Å². The van der Waals surface area contributed by atoms with Gasteiger partial charge >= 0.3 is 6.18 Å². The van der Waals surface area contributed by atoms with Crippen LogP contribution in [0, 0.1) is 5.82 Å². The lowest BCUT2D eigenvalue weighted by atomic mass is 10.1. The fraction of sp³-hybridized carbons (Fsp3) is 0.400. The van der Waals surface area contributed by atoms with Crippen LogP contribution in [0.3, 0.4) is 0 Å². The summed E-state index contributed by atoms with van der Waals surface area (Å²) in [6.45, 7) is -2.18. The molecule has 0 spiro atoms. The summed E-state index contributed by atoms with van der Waals surface area (Å²) >= 11 is 0. The van der Waals surface area contributed by atoms with Crippen LogP contribution < -0.4 is 4.90 Å². The molecule has 0 radical (unpaired) electrons. The molecule has 0 amide bonds. The molecule has 0 N–H and O–H groups in total. The molecule has 0 unspecified atom stereocenters. The third-order valence-corrected chi connectivity index (χ3v) is 8.39. The van der Waals surface area contributed by atoms with Crippen molar-refractivity contribution in [3.63, 3.8) is 0 Å². The van der Waals surface area contributed by atoms with E-state index in [1.807, 2.05) is 0 Å². The molecular formula is C20H22F4N2O4S2. The maximum absolute atomic E-state index is 14.7. The minimum Gasteiger partial charge on any atom is -0.369 e. The summed E-state index contributed by atoms with van der Waals surface area (Å²) in [7, 11) is -7.53. The van der Waals surface area contributed by atoms with Crippen molar-refractivity contribution in [1.82, 2.24) is 4.31 Å². The van der Waals surface area contributed by atoms with Crippen molar-refractivity contribution in [2.45, 2.75) is 18.5 Å². The van der Waals surface area contributed by atoms with Crippen LogP contribution >= 0.6 is 0 Å². The van der Waals surface area contributed by atoms with Gasteiger partial charge in [-0.2, -0.15) is 17.5 Å². The average molecular weight is 495 g/mol. The lowest BCUT2D eigenvalue weighted by Gasteiger charge is -2.29. The lowest BCUT2D eigenvalue weighted by molar-refractivity contribution is -0.137. The topological polar surface area (TPSA) is 74.8 Å². The SMILES string of the molecule is O=S1(=O)CCN(c2ccc(CN(CC(F)(F)F)S(=O)(=O)Cc3ccccc3)c(F)c2)CC1. The Bertz CT molecular complexity index is 1140. The Morgan fingerprint density at radius 2 is 1.62 bits per heavy atom. The van der Waals surface area contributed by atoms with Crippen LogP contribution in [-0.2, 0) is 32.2 Å². The Labute approximate surface area is 184 Å². The van der Waals surface area contributed by atoms with Gasteiger partial charge in [0.2, 0.25) is 10.0 Å². The van der Waals surface area contributed by atoms with Crippen LogP contribution in [0.5, 0.6) is 0 Å². The summed E-state index contributed by atoms with van der Waals surface area (Å²) in [6.07, 6.45) is -4.81. The van der Waals surface area contributed by atoms with E-state index in [4.69, 9.17) is 0 Å². The van der Waals surface area contributed by atoms with Crippen molar-refractivity contribution in [1.29, 1.82) is 0 Å². The maximum atomic E-state index is 14.7. The van der Waals surface area contributed by atoms with Gasteiger partial charge in [-0.05, 0) is 17.7 Å². The van der Waals surface area contributed by atoms with E-state index in [0.717, 1.165) is 6.07 Å². The summed E-state index contributed by atoms with van der Waals surface area (Å²) < 4.78 is 103. The first kappa shape index (κ1) is 24.5. The van der Waals surface area contributed by atoms with E-state index in [1.54, 1.807) is 23.1 Å². The molecule has 0 aliphatic carbocycles. The number of benzene rings is 2. The van der Waals surface area contributed by atoms with Crippen LogP contribution in [0.2, 0.25) is 0 Å². The summed E-state index contributed by atoms with van der Waals surface area (Å²) in [4.78, 5) is 1.66. The largest absolute Gasteiger partial charge is 0.402 e. The molecule has 1 fully saturated rings. The molecule has 3 rings (SSSR count). The van der Waals surface area contributed by atoms with E-state index in [0.29, 0.717) is 11.3 Å². The summed E-state index contributed by atoms with van der Waals surface area (Å²) in [5.74, 6) is -1.66. The Kier molecular flexibility index (Phi) is 7.15. The monoisotopic (exact) mass is 494 g/mol. The predicted molar refractivity (Wildman–Crippen MR) is 113 cm³/mol. The van der Waals surface area contributed by atoms with Crippen LogP contribution in [0.25, 0.3) is 0 Å². The molecule has 1 saturated heterocycles. The quantitative estimate of drug-likeness (QED) is 0.554. The zero-order valence-electron chi connectivity index (χ0n) is 16.9. The zero-order chi connectivity index (χ0) is 23.6. The van der Waals surface area contributed by atoms with Crippen molar-refractivity contribution in [2.24, 2.45) is 0 Å². The van der Waals surface area contributed by atoms with Gasteiger partial charge in [0.25, 0.3) is 0 Å². The number of alkyl halides is 3. The highest BCUT2D eigenvalue weighted by Gasteiger charge is 2.37. The summed E-state index contributed by atoms with van der Waals surface area (Å²) in [5.41, 5.74) is 0.491. The molecule has 1 heterocycles. The Morgan fingerprint density at radius 1 is 1.00 bits per heavy atom. The normalized spacial score (nSPS) is 17.0. The van der Waals surface area contributed by atoms with Gasteiger partial charge < -0.3 is 4.90 Å². The van der Waals surface area contributed by atoms with E-state index in [9.17, 15) is 34.4 Å². The summed E-state index contributed by atoms with van der Waals surface area (Å²) in [6, 6.07) is 11.5. The number of halogens is 4. The molecule has 2 aromatic rings. The number of nitrogens with zero attached hydrogens (tertiary/aromatic N) is 2.